The molecule has 0 saturated heterocycles. The first kappa shape index (κ1) is 15.3. The van der Waals surface area contributed by atoms with Gasteiger partial charge in [-0.15, -0.1) is 10.2 Å². The van der Waals surface area contributed by atoms with Crippen LogP contribution in [0.2, 0.25) is 0 Å². The smallest absolute Gasteiger partial charge is 0.313 e. The maximum absolute atomic E-state index is 10.5. The van der Waals surface area contributed by atoms with Gasteiger partial charge in [0.05, 0.1) is 5.75 Å². The van der Waals surface area contributed by atoms with Crippen molar-refractivity contribution in [2.75, 3.05) is 17.8 Å². The largest absolute Gasteiger partial charge is 0.481 e. The summed E-state index contributed by atoms with van der Waals surface area (Å²) in [4.78, 5) is 10.5. The predicted octanol–water partition coefficient (Wildman–Crippen LogP) is 1.09. The molecule has 0 spiro atoms. The third-order valence-electron chi connectivity index (χ3n) is 2.24. The number of aliphatic hydroxyl groups excluding tert-OH is 1. The predicted molar refractivity (Wildman–Crippen MR) is 71.9 cm³/mol. The summed E-state index contributed by atoms with van der Waals surface area (Å²) in [6, 6.07) is 0. The molecule has 6 nitrogen and oxygen atoms in total. The van der Waals surface area contributed by atoms with Gasteiger partial charge < -0.3 is 14.8 Å². The second-order valence-electron chi connectivity index (χ2n) is 3.59. The average molecular weight is 291 g/mol. The van der Waals surface area contributed by atoms with E-state index < -0.39 is 5.97 Å². The topological polar surface area (TPSA) is 88.2 Å². The van der Waals surface area contributed by atoms with Crippen LogP contribution in [0.3, 0.4) is 0 Å². The fourth-order valence-electron chi connectivity index (χ4n) is 1.41. The summed E-state index contributed by atoms with van der Waals surface area (Å²) in [5.41, 5.74) is 0. The van der Waals surface area contributed by atoms with Crippen LogP contribution in [-0.2, 0) is 17.9 Å². The molecular weight excluding hydrogens is 274 g/mol. The molecule has 0 saturated carbocycles. The minimum absolute atomic E-state index is 0.0472. The molecule has 8 heteroatoms. The lowest BCUT2D eigenvalue weighted by molar-refractivity contribution is -0.133. The summed E-state index contributed by atoms with van der Waals surface area (Å²) in [5.74, 6) is 0.650. The van der Waals surface area contributed by atoms with Crippen LogP contribution in [0, 0.1) is 0 Å². The molecule has 18 heavy (non-hydrogen) atoms. The van der Waals surface area contributed by atoms with E-state index in [0.717, 1.165) is 30.4 Å². The number of thioether (sulfide) groups is 2. The van der Waals surface area contributed by atoms with Gasteiger partial charge in [0, 0.05) is 6.54 Å². The second kappa shape index (κ2) is 8.39. The molecule has 0 radical (unpaired) electrons. The van der Waals surface area contributed by atoms with Gasteiger partial charge in [0.15, 0.2) is 11.0 Å². The van der Waals surface area contributed by atoms with E-state index >= 15 is 0 Å². The summed E-state index contributed by atoms with van der Waals surface area (Å²) in [6.07, 6.45) is 4.10. The molecule has 1 aromatic heterocycles. The molecule has 1 rings (SSSR count). The number of unbranched alkanes of at least 4 members (excludes halogenated alkanes) is 1. The Morgan fingerprint density at radius 2 is 2.17 bits per heavy atom. The van der Waals surface area contributed by atoms with Gasteiger partial charge in [-0.25, -0.2) is 0 Å². The van der Waals surface area contributed by atoms with E-state index in [1.807, 2.05) is 0 Å². The number of nitrogens with zero attached hydrogens (tertiary/aromatic N) is 3. The van der Waals surface area contributed by atoms with E-state index in [-0.39, 0.29) is 12.4 Å². The van der Waals surface area contributed by atoms with Gasteiger partial charge >= 0.3 is 5.97 Å². The number of aliphatic carboxylic acids is 1. The Kier molecular flexibility index (Phi) is 7.14. The minimum Gasteiger partial charge on any atom is -0.481 e. The summed E-state index contributed by atoms with van der Waals surface area (Å²) in [6.45, 7) is 0.536. The highest BCUT2D eigenvalue weighted by Crippen LogP contribution is 2.18. The van der Waals surface area contributed by atoms with Gasteiger partial charge in [0.1, 0.15) is 6.61 Å². The van der Waals surface area contributed by atoms with E-state index in [4.69, 9.17) is 10.2 Å². The van der Waals surface area contributed by atoms with Gasteiger partial charge in [-0.1, -0.05) is 11.8 Å². The first-order valence-corrected chi connectivity index (χ1v) is 7.93. The summed E-state index contributed by atoms with van der Waals surface area (Å²) < 4.78 is 1.80. The molecule has 0 unspecified atom stereocenters. The van der Waals surface area contributed by atoms with Crippen molar-refractivity contribution < 1.29 is 15.0 Å². The summed E-state index contributed by atoms with van der Waals surface area (Å²) >= 11 is 2.92. The summed E-state index contributed by atoms with van der Waals surface area (Å²) in [7, 11) is 0. The van der Waals surface area contributed by atoms with Crippen LogP contribution in [0.15, 0.2) is 5.16 Å². The first-order chi connectivity index (χ1) is 8.69. The molecule has 1 aromatic rings. The Bertz CT molecular complexity index is 384. The molecule has 0 aliphatic carbocycles. The molecule has 0 fully saturated rings. The zero-order chi connectivity index (χ0) is 13.4. The van der Waals surface area contributed by atoms with Crippen molar-refractivity contribution in [3.05, 3.63) is 5.82 Å². The lowest BCUT2D eigenvalue weighted by Crippen LogP contribution is -2.07. The van der Waals surface area contributed by atoms with Crippen molar-refractivity contribution in [3.8, 4) is 0 Å². The van der Waals surface area contributed by atoms with Crippen LogP contribution >= 0.6 is 23.5 Å². The molecule has 0 aromatic carbocycles. The van der Waals surface area contributed by atoms with Crippen molar-refractivity contribution in [3.63, 3.8) is 0 Å². The minimum atomic E-state index is -0.887. The standard InChI is InChI=1S/C10H17N3O3S2/c1-17-5-3-2-4-13-8(6-14)11-12-10(13)18-7-9(15)16/h14H,2-7H2,1H3,(H,15,16). The molecule has 2 N–H and O–H groups in total. The Hall–Kier alpha value is -0.730. The van der Waals surface area contributed by atoms with E-state index in [0.29, 0.717) is 17.5 Å². The third kappa shape index (κ3) is 4.87. The van der Waals surface area contributed by atoms with Gasteiger partial charge in [-0.2, -0.15) is 11.8 Å². The van der Waals surface area contributed by atoms with Crippen LogP contribution in [0.25, 0.3) is 0 Å². The lowest BCUT2D eigenvalue weighted by atomic mass is 10.3. The Morgan fingerprint density at radius 1 is 1.39 bits per heavy atom. The van der Waals surface area contributed by atoms with Crippen molar-refractivity contribution >= 4 is 29.5 Å². The van der Waals surface area contributed by atoms with E-state index in [1.165, 1.54) is 0 Å². The van der Waals surface area contributed by atoms with Gasteiger partial charge in [0.25, 0.3) is 0 Å². The molecule has 1 heterocycles. The highest BCUT2D eigenvalue weighted by atomic mass is 32.2. The number of carboxylic acids is 1. The fraction of sp³-hybridized carbons (Fsp3) is 0.700. The highest BCUT2D eigenvalue weighted by Gasteiger charge is 2.12. The summed E-state index contributed by atoms with van der Waals surface area (Å²) in [5, 5.41) is 26.1. The van der Waals surface area contributed by atoms with Crippen LogP contribution in [-0.4, -0.2) is 48.7 Å². The zero-order valence-corrected chi connectivity index (χ0v) is 11.8. The second-order valence-corrected chi connectivity index (χ2v) is 5.52. The van der Waals surface area contributed by atoms with E-state index in [1.54, 1.807) is 16.3 Å². The van der Waals surface area contributed by atoms with Crippen LogP contribution in [0.4, 0.5) is 0 Å². The van der Waals surface area contributed by atoms with Gasteiger partial charge in [-0.05, 0) is 24.9 Å². The average Bonchev–Trinajstić information content (AvgIpc) is 2.74. The normalized spacial score (nSPS) is 10.8. The third-order valence-corrected chi connectivity index (χ3v) is 3.89. The van der Waals surface area contributed by atoms with Gasteiger partial charge in [0.2, 0.25) is 0 Å². The Balaban J connectivity index is 2.60. The monoisotopic (exact) mass is 291 g/mol. The molecule has 102 valence electrons. The van der Waals surface area contributed by atoms with Crippen LogP contribution < -0.4 is 0 Å². The zero-order valence-electron chi connectivity index (χ0n) is 10.2. The van der Waals surface area contributed by atoms with Crippen molar-refractivity contribution in [2.24, 2.45) is 0 Å². The van der Waals surface area contributed by atoms with Crippen LogP contribution in [0.1, 0.15) is 18.7 Å². The molecule has 0 aliphatic heterocycles. The molecular formula is C10H17N3O3S2. The first-order valence-electron chi connectivity index (χ1n) is 5.55. The number of hydrogen-bond donors (Lipinski definition) is 2. The van der Waals surface area contributed by atoms with Crippen molar-refractivity contribution in [2.45, 2.75) is 31.1 Å². The highest BCUT2D eigenvalue weighted by molar-refractivity contribution is 7.99. The Morgan fingerprint density at radius 3 is 2.78 bits per heavy atom. The lowest BCUT2D eigenvalue weighted by Gasteiger charge is -2.07. The number of hydrogen-bond acceptors (Lipinski definition) is 6. The quantitative estimate of drug-likeness (QED) is 0.520. The van der Waals surface area contributed by atoms with Crippen LogP contribution in [0.5, 0.6) is 0 Å². The molecule has 0 amide bonds. The molecule has 0 bridgehead atoms. The maximum atomic E-state index is 10.5. The SMILES string of the molecule is CSCCCCn1c(CO)nnc1SCC(=O)O. The van der Waals surface area contributed by atoms with Gasteiger partial charge in [-0.3, -0.25) is 4.79 Å². The molecule has 0 atom stereocenters. The van der Waals surface area contributed by atoms with E-state index in [9.17, 15) is 4.79 Å². The number of rotatable bonds is 9. The number of carbonyl (C=O) groups is 1. The molecule has 0 aliphatic rings. The Labute approximate surface area is 114 Å². The number of aromatic nitrogens is 3. The van der Waals surface area contributed by atoms with Crippen molar-refractivity contribution in [1.82, 2.24) is 14.8 Å². The van der Waals surface area contributed by atoms with Crippen molar-refractivity contribution in [1.29, 1.82) is 0 Å². The maximum Gasteiger partial charge on any atom is 0.313 e. The number of carboxylic acid groups (broad SMARTS) is 1. The van der Waals surface area contributed by atoms with E-state index in [2.05, 4.69) is 16.5 Å². The fourth-order valence-corrected chi connectivity index (χ4v) is 2.61. The number of aliphatic hydroxyl groups is 1.